The number of nitriles is 2. The number of hydrogen-bond acceptors (Lipinski definition) is 7. The molecular weight excluding hydrogens is 530 g/mol. The van der Waals surface area contributed by atoms with Gasteiger partial charge in [-0.25, -0.2) is 4.98 Å². The third-order valence-corrected chi connectivity index (χ3v) is 5.35. The van der Waals surface area contributed by atoms with E-state index in [0.717, 1.165) is 0 Å². The lowest BCUT2D eigenvalue weighted by Crippen LogP contribution is -2.00. The zero-order valence-corrected chi connectivity index (χ0v) is 18.8. The summed E-state index contributed by atoms with van der Waals surface area (Å²) in [5.41, 5.74) is 7.30. The van der Waals surface area contributed by atoms with E-state index < -0.39 is 4.92 Å². The first-order valence-corrected chi connectivity index (χ1v) is 10.1. The smallest absolute Gasteiger partial charge is 0.295 e. The molecule has 0 saturated carbocycles. The van der Waals surface area contributed by atoms with Crippen LogP contribution in [0.15, 0.2) is 58.0 Å². The fourth-order valence-electron chi connectivity index (χ4n) is 2.67. The summed E-state index contributed by atoms with van der Waals surface area (Å²) >= 11 is 6.77. The van der Waals surface area contributed by atoms with Crippen LogP contribution >= 0.6 is 31.9 Å². The van der Waals surface area contributed by atoms with Crippen LogP contribution in [0.1, 0.15) is 11.1 Å². The van der Waals surface area contributed by atoms with Crippen molar-refractivity contribution >= 4 is 48.8 Å². The molecule has 1 heterocycles. The standard InChI is InChI=1S/C21H11Br2N5O3/c1-11(9-24)13-7-15(22)21(16(23)8-13)31-19-5-4-18(28(29)30)20(27-19)14-6-12(10-25)2-3-17(14)26/h2-8H,1,26H2. The molecule has 10 heteroatoms. The predicted octanol–water partition coefficient (Wildman–Crippen LogP) is 5.96. The molecule has 0 bridgehead atoms. The number of aromatic nitrogens is 1. The number of nitrogen functional groups attached to an aromatic ring is 1. The van der Waals surface area contributed by atoms with Gasteiger partial charge in [0.05, 0.1) is 37.1 Å². The average molecular weight is 541 g/mol. The van der Waals surface area contributed by atoms with Gasteiger partial charge in [-0.05, 0) is 67.8 Å². The Hall–Kier alpha value is -3.73. The molecule has 3 rings (SSSR count). The van der Waals surface area contributed by atoms with Crippen LogP contribution in [0.25, 0.3) is 16.8 Å². The number of allylic oxidation sites excluding steroid dienone is 1. The summed E-state index contributed by atoms with van der Waals surface area (Å²) in [6.45, 7) is 3.68. The van der Waals surface area contributed by atoms with Crippen molar-refractivity contribution in [2.45, 2.75) is 0 Å². The summed E-state index contributed by atoms with van der Waals surface area (Å²) in [6.07, 6.45) is 0. The van der Waals surface area contributed by atoms with Crippen LogP contribution in [0.3, 0.4) is 0 Å². The molecular formula is C21H11Br2N5O3. The van der Waals surface area contributed by atoms with Gasteiger partial charge in [0.2, 0.25) is 5.88 Å². The lowest BCUT2D eigenvalue weighted by atomic mass is 10.0. The van der Waals surface area contributed by atoms with E-state index in [1.807, 2.05) is 12.1 Å². The quantitative estimate of drug-likeness (QED) is 0.182. The minimum absolute atomic E-state index is 0.0289. The number of nitrogens with two attached hydrogens (primary N) is 1. The van der Waals surface area contributed by atoms with Gasteiger partial charge in [0.25, 0.3) is 5.69 Å². The number of pyridine rings is 1. The highest BCUT2D eigenvalue weighted by Crippen LogP contribution is 2.40. The van der Waals surface area contributed by atoms with Crippen molar-refractivity contribution in [1.82, 2.24) is 4.98 Å². The first kappa shape index (κ1) is 22.0. The van der Waals surface area contributed by atoms with E-state index in [1.54, 1.807) is 12.1 Å². The maximum atomic E-state index is 11.5. The van der Waals surface area contributed by atoms with Gasteiger partial charge in [-0.2, -0.15) is 10.5 Å². The molecule has 0 aliphatic carbocycles. The molecule has 3 aromatic rings. The lowest BCUT2D eigenvalue weighted by molar-refractivity contribution is -0.384. The molecule has 0 amide bonds. The number of halogens is 2. The molecule has 0 unspecified atom stereocenters. The van der Waals surface area contributed by atoms with E-state index in [4.69, 9.17) is 21.0 Å². The molecule has 0 fully saturated rings. The third-order valence-electron chi connectivity index (χ3n) is 4.17. The molecule has 0 radical (unpaired) electrons. The second kappa shape index (κ2) is 8.96. The number of anilines is 1. The minimum atomic E-state index is -0.585. The van der Waals surface area contributed by atoms with Gasteiger partial charge in [0, 0.05) is 23.4 Å². The maximum Gasteiger partial charge on any atom is 0.295 e. The summed E-state index contributed by atoms with van der Waals surface area (Å²) in [6, 6.07) is 14.3. The highest BCUT2D eigenvalue weighted by Gasteiger charge is 2.22. The van der Waals surface area contributed by atoms with E-state index in [-0.39, 0.29) is 39.6 Å². The second-order valence-corrected chi connectivity index (χ2v) is 7.86. The lowest BCUT2D eigenvalue weighted by Gasteiger charge is -2.13. The fraction of sp³-hybridized carbons (Fsp3) is 0. The number of ether oxygens (including phenoxy) is 1. The van der Waals surface area contributed by atoms with E-state index in [9.17, 15) is 10.1 Å². The maximum absolute atomic E-state index is 11.5. The Kier molecular flexibility index (Phi) is 6.35. The van der Waals surface area contributed by atoms with Gasteiger partial charge in [-0.1, -0.05) is 6.58 Å². The second-order valence-electron chi connectivity index (χ2n) is 6.15. The molecule has 0 spiro atoms. The molecule has 0 saturated heterocycles. The molecule has 8 nitrogen and oxygen atoms in total. The predicted molar refractivity (Wildman–Crippen MR) is 122 cm³/mol. The average Bonchev–Trinajstić information content (AvgIpc) is 2.75. The number of rotatable bonds is 5. The molecule has 2 N–H and O–H groups in total. The molecule has 1 aromatic heterocycles. The Morgan fingerprint density at radius 1 is 1.16 bits per heavy atom. The van der Waals surface area contributed by atoms with Crippen molar-refractivity contribution in [3.63, 3.8) is 0 Å². The Morgan fingerprint density at radius 2 is 1.84 bits per heavy atom. The first-order chi connectivity index (χ1) is 14.7. The number of benzene rings is 2. The first-order valence-electron chi connectivity index (χ1n) is 8.47. The van der Waals surface area contributed by atoms with Crippen LogP contribution in [0, 0.1) is 32.8 Å². The van der Waals surface area contributed by atoms with Crippen LogP contribution in [0.4, 0.5) is 11.4 Å². The molecule has 0 aliphatic rings. The van der Waals surface area contributed by atoms with Crippen LogP contribution in [-0.2, 0) is 0 Å². The van der Waals surface area contributed by atoms with Gasteiger partial charge in [0.15, 0.2) is 11.4 Å². The van der Waals surface area contributed by atoms with Crippen molar-refractivity contribution in [1.29, 1.82) is 10.5 Å². The summed E-state index contributed by atoms with van der Waals surface area (Å²) < 4.78 is 6.89. The van der Waals surface area contributed by atoms with E-state index in [2.05, 4.69) is 43.4 Å². The van der Waals surface area contributed by atoms with Crippen molar-refractivity contribution in [3.8, 4) is 35.0 Å². The molecule has 0 aliphatic heterocycles. The fourth-order valence-corrected chi connectivity index (χ4v) is 4.02. The Labute approximate surface area is 193 Å². The molecule has 0 atom stereocenters. The van der Waals surface area contributed by atoms with Crippen molar-refractivity contribution < 1.29 is 9.66 Å². The third kappa shape index (κ3) is 4.56. The SMILES string of the molecule is C=C(C#N)c1cc(Br)c(Oc2ccc([N+](=O)[O-])c(-c3cc(C#N)ccc3N)n2)c(Br)c1. The Morgan fingerprint density at radius 3 is 2.42 bits per heavy atom. The highest BCUT2D eigenvalue weighted by atomic mass is 79.9. The summed E-state index contributed by atoms with van der Waals surface area (Å²) in [7, 11) is 0. The van der Waals surface area contributed by atoms with Crippen LogP contribution in [0.2, 0.25) is 0 Å². The van der Waals surface area contributed by atoms with Crippen molar-refractivity contribution in [3.05, 3.63) is 79.2 Å². The molecule has 2 aromatic carbocycles. The van der Waals surface area contributed by atoms with E-state index >= 15 is 0 Å². The van der Waals surface area contributed by atoms with Gasteiger partial charge < -0.3 is 10.5 Å². The Balaban J connectivity index is 2.11. The molecule has 152 valence electrons. The largest absolute Gasteiger partial charge is 0.437 e. The Bertz CT molecular complexity index is 1300. The highest BCUT2D eigenvalue weighted by molar-refractivity contribution is 9.11. The van der Waals surface area contributed by atoms with Crippen molar-refractivity contribution in [2.75, 3.05) is 5.73 Å². The zero-order valence-electron chi connectivity index (χ0n) is 15.6. The summed E-state index contributed by atoms with van der Waals surface area (Å²) in [5, 5.41) is 29.7. The van der Waals surface area contributed by atoms with E-state index in [1.165, 1.54) is 30.3 Å². The zero-order chi connectivity index (χ0) is 22.7. The summed E-state index contributed by atoms with van der Waals surface area (Å²) in [5.74, 6) is 0.413. The normalized spacial score (nSPS) is 10.1. The van der Waals surface area contributed by atoms with Crippen LogP contribution < -0.4 is 10.5 Å². The monoisotopic (exact) mass is 539 g/mol. The van der Waals surface area contributed by atoms with Crippen LogP contribution in [0.5, 0.6) is 11.6 Å². The van der Waals surface area contributed by atoms with Crippen LogP contribution in [-0.4, -0.2) is 9.91 Å². The topological polar surface area (TPSA) is 139 Å². The number of hydrogen-bond donors (Lipinski definition) is 1. The number of nitrogens with zero attached hydrogens (tertiary/aromatic N) is 4. The van der Waals surface area contributed by atoms with E-state index in [0.29, 0.717) is 20.3 Å². The van der Waals surface area contributed by atoms with Gasteiger partial charge >= 0.3 is 0 Å². The minimum Gasteiger partial charge on any atom is -0.437 e. The molecule has 31 heavy (non-hydrogen) atoms. The van der Waals surface area contributed by atoms with Gasteiger partial charge in [0.1, 0.15) is 0 Å². The summed E-state index contributed by atoms with van der Waals surface area (Å²) in [4.78, 5) is 15.2. The van der Waals surface area contributed by atoms with Gasteiger partial charge in [-0.3, -0.25) is 10.1 Å². The van der Waals surface area contributed by atoms with Gasteiger partial charge in [-0.15, -0.1) is 0 Å². The van der Waals surface area contributed by atoms with Crippen molar-refractivity contribution in [2.24, 2.45) is 0 Å². The number of nitro groups is 1.